The van der Waals surface area contributed by atoms with Crippen molar-refractivity contribution in [2.45, 2.75) is 31.8 Å². The summed E-state index contributed by atoms with van der Waals surface area (Å²) in [6.45, 7) is 4.15. The molecule has 0 radical (unpaired) electrons. The molecule has 2 N–H and O–H groups in total. The summed E-state index contributed by atoms with van der Waals surface area (Å²) in [5.41, 5.74) is 3.30. The highest BCUT2D eigenvalue weighted by molar-refractivity contribution is 5.86. The minimum atomic E-state index is -0.790. The average molecular weight is 374 g/mol. The van der Waals surface area contributed by atoms with Gasteiger partial charge in [0.15, 0.2) is 0 Å². The summed E-state index contributed by atoms with van der Waals surface area (Å²) in [6.07, 6.45) is 1.15. The molecule has 4 rings (SSSR count). The van der Waals surface area contributed by atoms with E-state index in [9.17, 15) is 4.79 Å². The Morgan fingerprint density at radius 1 is 1.14 bits per heavy atom. The summed E-state index contributed by atoms with van der Waals surface area (Å²) in [4.78, 5) is 13.3. The minimum Gasteiger partial charge on any atom is -0.481 e. The largest absolute Gasteiger partial charge is 0.481 e. The maximum absolute atomic E-state index is 11.0. The summed E-state index contributed by atoms with van der Waals surface area (Å²) in [7, 11) is 0. The van der Waals surface area contributed by atoms with E-state index in [1.807, 2.05) is 18.2 Å². The number of hydrogen-bond donors (Lipinski definition) is 2. The predicted molar refractivity (Wildman–Crippen MR) is 114 cm³/mol. The van der Waals surface area contributed by atoms with Crippen LogP contribution in [0.2, 0.25) is 0 Å². The normalized spacial score (nSPS) is 17.8. The van der Waals surface area contributed by atoms with E-state index in [4.69, 9.17) is 5.11 Å². The zero-order chi connectivity index (χ0) is 19.5. The Bertz CT molecular complexity index is 980. The molecule has 0 bridgehead atoms. The van der Waals surface area contributed by atoms with Crippen LogP contribution in [-0.2, 0) is 11.2 Å². The molecule has 0 amide bonds. The first-order valence-electron chi connectivity index (χ1n) is 9.89. The molecule has 1 heterocycles. The van der Waals surface area contributed by atoms with Crippen LogP contribution in [0.5, 0.6) is 0 Å². The third-order valence-electron chi connectivity index (χ3n) is 5.59. The van der Waals surface area contributed by atoms with Gasteiger partial charge in [-0.25, -0.2) is 0 Å². The van der Waals surface area contributed by atoms with Crippen LogP contribution in [0.4, 0.5) is 5.69 Å². The second-order valence-corrected chi connectivity index (χ2v) is 7.63. The number of carboxylic acids is 1. The highest BCUT2D eigenvalue weighted by atomic mass is 16.4. The topological polar surface area (TPSA) is 52.6 Å². The maximum atomic E-state index is 11.0. The zero-order valence-corrected chi connectivity index (χ0v) is 16.1. The summed E-state index contributed by atoms with van der Waals surface area (Å²) in [5, 5.41) is 15.4. The smallest absolute Gasteiger partial charge is 0.307 e. The minimum absolute atomic E-state index is 0.0709. The molecule has 1 fully saturated rings. The van der Waals surface area contributed by atoms with E-state index in [1.165, 1.54) is 16.3 Å². The number of benzene rings is 3. The molecule has 3 aromatic rings. The Hall–Kier alpha value is -2.85. The fourth-order valence-electron chi connectivity index (χ4n) is 4.24. The number of rotatable bonds is 6. The Morgan fingerprint density at radius 3 is 2.79 bits per heavy atom. The lowest BCUT2D eigenvalue weighted by Crippen LogP contribution is -2.34. The first-order valence-corrected chi connectivity index (χ1v) is 9.89. The molecule has 0 aromatic heterocycles. The average Bonchev–Trinajstić information content (AvgIpc) is 3.16. The van der Waals surface area contributed by atoms with Gasteiger partial charge in [-0.15, -0.1) is 0 Å². The molecular weight excluding hydrogens is 348 g/mol. The van der Waals surface area contributed by atoms with Crippen LogP contribution in [-0.4, -0.2) is 30.2 Å². The van der Waals surface area contributed by atoms with Crippen molar-refractivity contribution in [3.63, 3.8) is 0 Å². The van der Waals surface area contributed by atoms with E-state index in [0.29, 0.717) is 6.04 Å². The third-order valence-corrected chi connectivity index (χ3v) is 5.59. The van der Waals surface area contributed by atoms with E-state index in [-0.39, 0.29) is 12.5 Å². The molecule has 4 nitrogen and oxygen atoms in total. The maximum Gasteiger partial charge on any atom is 0.307 e. The van der Waals surface area contributed by atoms with Crippen LogP contribution in [0.25, 0.3) is 10.8 Å². The van der Waals surface area contributed by atoms with E-state index >= 15 is 0 Å². The SMILES string of the molecule is C[C@@H](N[C@H]1CCN(c2cccc(CC(=O)O)c2)C1)c1cccc2ccccc12. The van der Waals surface area contributed by atoms with Crippen molar-refractivity contribution in [2.75, 3.05) is 18.0 Å². The van der Waals surface area contributed by atoms with Gasteiger partial charge in [0.1, 0.15) is 0 Å². The van der Waals surface area contributed by atoms with E-state index in [0.717, 1.165) is 30.8 Å². The number of nitrogens with zero attached hydrogens (tertiary/aromatic N) is 1. The molecule has 4 heteroatoms. The lowest BCUT2D eigenvalue weighted by Gasteiger charge is -2.23. The van der Waals surface area contributed by atoms with E-state index in [1.54, 1.807) is 0 Å². The molecular formula is C24H26N2O2. The van der Waals surface area contributed by atoms with Crippen LogP contribution in [0.15, 0.2) is 66.7 Å². The van der Waals surface area contributed by atoms with Gasteiger partial charge in [0.25, 0.3) is 0 Å². The van der Waals surface area contributed by atoms with Gasteiger partial charge in [-0.3, -0.25) is 4.79 Å². The molecule has 0 aliphatic carbocycles. The number of carbonyl (C=O) groups is 1. The fourth-order valence-corrected chi connectivity index (χ4v) is 4.24. The van der Waals surface area contributed by atoms with Crippen molar-refractivity contribution in [1.82, 2.24) is 5.32 Å². The molecule has 1 saturated heterocycles. The van der Waals surface area contributed by atoms with Crippen molar-refractivity contribution < 1.29 is 9.90 Å². The highest BCUT2D eigenvalue weighted by Crippen LogP contribution is 2.27. The molecule has 2 atom stereocenters. The molecule has 3 aromatic carbocycles. The van der Waals surface area contributed by atoms with Gasteiger partial charge >= 0.3 is 5.97 Å². The Balaban J connectivity index is 1.44. The molecule has 1 aliphatic rings. The van der Waals surface area contributed by atoms with Crippen LogP contribution >= 0.6 is 0 Å². The highest BCUT2D eigenvalue weighted by Gasteiger charge is 2.24. The summed E-state index contributed by atoms with van der Waals surface area (Å²) >= 11 is 0. The second kappa shape index (κ2) is 8.03. The van der Waals surface area contributed by atoms with Gasteiger partial charge in [0, 0.05) is 30.9 Å². The van der Waals surface area contributed by atoms with Crippen molar-refractivity contribution in [2.24, 2.45) is 0 Å². The molecule has 0 unspecified atom stereocenters. The van der Waals surface area contributed by atoms with E-state index in [2.05, 4.69) is 65.7 Å². The lowest BCUT2D eigenvalue weighted by atomic mass is 9.99. The van der Waals surface area contributed by atoms with Crippen LogP contribution in [0, 0.1) is 0 Å². The van der Waals surface area contributed by atoms with Crippen molar-refractivity contribution in [3.05, 3.63) is 77.9 Å². The summed E-state index contributed by atoms with van der Waals surface area (Å²) in [5.74, 6) is -0.790. The number of nitrogens with one attached hydrogen (secondary N) is 1. The Kier molecular flexibility index (Phi) is 5.31. The Labute approximate surface area is 165 Å². The van der Waals surface area contributed by atoms with Crippen LogP contribution in [0.3, 0.4) is 0 Å². The Morgan fingerprint density at radius 2 is 1.93 bits per heavy atom. The lowest BCUT2D eigenvalue weighted by molar-refractivity contribution is -0.136. The van der Waals surface area contributed by atoms with Gasteiger partial charge in [0.05, 0.1) is 6.42 Å². The molecule has 28 heavy (non-hydrogen) atoms. The van der Waals surface area contributed by atoms with Gasteiger partial charge in [-0.05, 0) is 47.4 Å². The third kappa shape index (κ3) is 4.02. The number of fused-ring (bicyclic) bond motifs is 1. The number of anilines is 1. The number of carboxylic acid groups (broad SMARTS) is 1. The zero-order valence-electron chi connectivity index (χ0n) is 16.1. The standard InChI is InChI=1S/C24H26N2O2/c1-17(22-11-5-8-19-7-2-3-10-23(19)22)25-20-12-13-26(16-20)21-9-4-6-18(14-21)15-24(27)28/h2-11,14,17,20,25H,12-13,15-16H2,1H3,(H,27,28)/t17-,20+/m1/s1. The quantitative estimate of drug-likeness (QED) is 0.672. The van der Waals surface area contributed by atoms with Gasteiger partial charge < -0.3 is 15.3 Å². The van der Waals surface area contributed by atoms with Gasteiger partial charge in [0.2, 0.25) is 0 Å². The van der Waals surface area contributed by atoms with Crippen LogP contribution in [0.1, 0.15) is 30.5 Å². The fraction of sp³-hybridized carbons (Fsp3) is 0.292. The van der Waals surface area contributed by atoms with Crippen molar-refractivity contribution in [3.8, 4) is 0 Å². The monoisotopic (exact) mass is 374 g/mol. The first kappa shape index (κ1) is 18.5. The van der Waals surface area contributed by atoms with E-state index < -0.39 is 5.97 Å². The summed E-state index contributed by atoms with van der Waals surface area (Å²) in [6, 6.07) is 23.6. The van der Waals surface area contributed by atoms with Gasteiger partial charge in [-0.2, -0.15) is 0 Å². The second-order valence-electron chi connectivity index (χ2n) is 7.63. The summed E-state index contributed by atoms with van der Waals surface area (Å²) < 4.78 is 0. The molecule has 0 spiro atoms. The number of aliphatic carboxylic acids is 1. The van der Waals surface area contributed by atoms with Crippen LogP contribution < -0.4 is 10.2 Å². The molecule has 0 saturated carbocycles. The predicted octanol–water partition coefficient (Wildman–Crippen LogP) is 4.40. The van der Waals surface area contributed by atoms with Crippen molar-refractivity contribution in [1.29, 1.82) is 0 Å². The van der Waals surface area contributed by atoms with Gasteiger partial charge in [-0.1, -0.05) is 54.6 Å². The number of hydrogen-bond acceptors (Lipinski definition) is 3. The van der Waals surface area contributed by atoms with Crippen molar-refractivity contribution >= 4 is 22.4 Å². The molecule has 1 aliphatic heterocycles. The molecule has 144 valence electrons. The first-order chi connectivity index (χ1) is 13.6.